The van der Waals surface area contributed by atoms with E-state index in [0.717, 1.165) is 24.2 Å². The van der Waals surface area contributed by atoms with Gasteiger partial charge < -0.3 is 10.5 Å². The van der Waals surface area contributed by atoms with Crippen molar-refractivity contribution in [1.29, 1.82) is 0 Å². The van der Waals surface area contributed by atoms with Gasteiger partial charge in [0.25, 0.3) is 0 Å². The number of rotatable bonds is 3. The Kier molecular flexibility index (Phi) is 4.27. The van der Waals surface area contributed by atoms with Gasteiger partial charge in [0.1, 0.15) is 11.6 Å². The highest BCUT2D eigenvalue weighted by Gasteiger charge is 2.23. The summed E-state index contributed by atoms with van der Waals surface area (Å²) in [5, 5.41) is 0. The number of nitrogens with two attached hydrogens (primary N) is 1. The molecular formula is C17H17BrFNO. The van der Waals surface area contributed by atoms with Gasteiger partial charge >= 0.3 is 0 Å². The number of halogens is 2. The number of benzene rings is 2. The lowest BCUT2D eigenvalue weighted by Gasteiger charge is -2.28. The van der Waals surface area contributed by atoms with Crippen molar-refractivity contribution < 1.29 is 9.13 Å². The van der Waals surface area contributed by atoms with Crippen LogP contribution >= 0.6 is 15.9 Å². The SMILES string of the molecule is NC(CC1CCOc2ccccc21)c1ccc(Br)c(F)c1. The van der Waals surface area contributed by atoms with Crippen molar-refractivity contribution in [2.24, 2.45) is 5.73 Å². The number of hydrogen-bond donors (Lipinski definition) is 1. The van der Waals surface area contributed by atoms with E-state index in [4.69, 9.17) is 10.5 Å². The molecule has 0 radical (unpaired) electrons. The molecule has 4 heteroatoms. The van der Waals surface area contributed by atoms with Crippen LogP contribution in [-0.2, 0) is 0 Å². The maximum Gasteiger partial charge on any atom is 0.137 e. The van der Waals surface area contributed by atoms with Gasteiger partial charge in [0.05, 0.1) is 11.1 Å². The van der Waals surface area contributed by atoms with E-state index >= 15 is 0 Å². The molecule has 0 fully saturated rings. The van der Waals surface area contributed by atoms with Gasteiger partial charge in [-0.1, -0.05) is 24.3 Å². The minimum Gasteiger partial charge on any atom is -0.493 e. The Morgan fingerprint density at radius 1 is 1.29 bits per heavy atom. The predicted molar refractivity (Wildman–Crippen MR) is 84.9 cm³/mol. The molecule has 0 aliphatic carbocycles. The standard InChI is InChI=1S/C17H17BrFNO/c18-14-6-5-12(9-15(14)19)16(20)10-11-7-8-21-17-4-2-1-3-13(11)17/h1-6,9,11,16H,7-8,10,20H2. The molecule has 2 N–H and O–H groups in total. The Balaban J connectivity index is 1.79. The van der Waals surface area contributed by atoms with E-state index in [9.17, 15) is 4.39 Å². The largest absolute Gasteiger partial charge is 0.493 e. The fourth-order valence-corrected chi connectivity index (χ4v) is 3.09. The second-order valence-electron chi connectivity index (χ2n) is 5.39. The average Bonchev–Trinajstić information content (AvgIpc) is 2.50. The van der Waals surface area contributed by atoms with Gasteiger partial charge in [-0.2, -0.15) is 0 Å². The van der Waals surface area contributed by atoms with Crippen LogP contribution in [0.3, 0.4) is 0 Å². The Hall–Kier alpha value is -1.39. The topological polar surface area (TPSA) is 35.2 Å². The lowest BCUT2D eigenvalue weighted by atomic mass is 9.86. The zero-order valence-corrected chi connectivity index (χ0v) is 13.1. The Labute approximate surface area is 132 Å². The quantitative estimate of drug-likeness (QED) is 0.882. The van der Waals surface area contributed by atoms with Crippen LogP contribution in [0.5, 0.6) is 5.75 Å². The van der Waals surface area contributed by atoms with Gasteiger partial charge in [-0.3, -0.25) is 0 Å². The summed E-state index contributed by atoms with van der Waals surface area (Å²) < 4.78 is 19.8. The van der Waals surface area contributed by atoms with Crippen molar-refractivity contribution in [2.75, 3.05) is 6.61 Å². The molecule has 2 aromatic carbocycles. The Bertz CT molecular complexity index is 646. The van der Waals surface area contributed by atoms with E-state index < -0.39 is 0 Å². The van der Waals surface area contributed by atoms with Gasteiger partial charge in [0, 0.05) is 6.04 Å². The van der Waals surface area contributed by atoms with Gasteiger partial charge in [0.2, 0.25) is 0 Å². The highest BCUT2D eigenvalue weighted by Crippen LogP contribution is 2.38. The molecule has 0 saturated heterocycles. The van der Waals surface area contributed by atoms with E-state index in [1.54, 1.807) is 6.07 Å². The lowest BCUT2D eigenvalue weighted by Crippen LogP contribution is -2.20. The van der Waals surface area contributed by atoms with Crippen LogP contribution in [0.25, 0.3) is 0 Å². The molecule has 2 unspecified atom stereocenters. The summed E-state index contributed by atoms with van der Waals surface area (Å²) in [4.78, 5) is 0. The summed E-state index contributed by atoms with van der Waals surface area (Å²) in [5.74, 6) is 1.04. The molecule has 110 valence electrons. The van der Waals surface area contributed by atoms with E-state index in [1.807, 2.05) is 24.3 Å². The molecule has 2 atom stereocenters. The summed E-state index contributed by atoms with van der Waals surface area (Å²) in [6.45, 7) is 0.711. The summed E-state index contributed by atoms with van der Waals surface area (Å²) in [5.41, 5.74) is 8.32. The smallest absolute Gasteiger partial charge is 0.137 e. The van der Waals surface area contributed by atoms with Gasteiger partial charge in [-0.05, 0) is 64.0 Å². The number of ether oxygens (including phenoxy) is 1. The zero-order chi connectivity index (χ0) is 14.8. The van der Waals surface area contributed by atoms with E-state index in [2.05, 4.69) is 22.0 Å². The van der Waals surface area contributed by atoms with Crippen LogP contribution in [0.4, 0.5) is 4.39 Å². The fourth-order valence-electron chi connectivity index (χ4n) is 2.85. The Morgan fingerprint density at radius 3 is 2.90 bits per heavy atom. The maximum atomic E-state index is 13.6. The first kappa shape index (κ1) is 14.5. The highest BCUT2D eigenvalue weighted by atomic mass is 79.9. The molecule has 0 spiro atoms. The normalized spacial score (nSPS) is 18.7. The molecule has 1 aliphatic rings. The summed E-state index contributed by atoms with van der Waals surface area (Å²) in [6, 6.07) is 13.0. The molecule has 1 heterocycles. The number of para-hydroxylation sites is 1. The summed E-state index contributed by atoms with van der Waals surface area (Å²) in [7, 11) is 0. The lowest BCUT2D eigenvalue weighted by molar-refractivity contribution is 0.259. The Morgan fingerprint density at radius 2 is 2.10 bits per heavy atom. The summed E-state index contributed by atoms with van der Waals surface area (Å²) >= 11 is 3.17. The van der Waals surface area contributed by atoms with Crippen molar-refractivity contribution in [1.82, 2.24) is 0 Å². The monoisotopic (exact) mass is 349 g/mol. The molecule has 1 aliphatic heterocycles. The third-order valence-corrected chi connectivity index (χ3v) is 4.64. The first-order valence-corrected chi connectivity index (χ1v) is 7.86. The second-order valence-corrected chi connectivity index (χ2v) is 6.24. The molecular weight excluding hydrogens is 333 g/mol. The third kappa shape index (κ3) is 3.11. The molecule has 0 aromatic heterocycles. The minimum absolute atomic E-state index is 0.177. The van der Waals surface area contributed by atoms with Crippen LogP contribution in [0.2, 0.25) is 0 Å². The van der Waals surface area contributed by atoms with Crippen LogP contribution in [0.15, 0.2) is 46.9 Å². The van der Waals surface area contributed by atoms with Crippen LogP contribution in [0.1, 0.15) is 35.9 Å². The van der Waals surface area contributed by atoms with E-state index in [0.29, 0.717) is 17.0 Å². The maximum absolute atomic E-state index is 13.6. The third-order valence-electron chi connectivity index (χ3n) is 3.99. The predicted octanol–water partition coefficient (Wildman–Crippen LogP) is 4.54. The molecule has 0 saturated carbocycles. The minimum atomic E-state index is -0.268. The van der Waals surface area contributed by atoms with E-state index in [1.165, 1.54) is 11.6 Å². The first-order valence-electron chi connectivity index (χ1n) is 7.07. The van der Waals surface area contributed by atoms with Crippen molar-refractivity contribution in [3.63, 3.8) is 0 Å². The molecule has 0 amide bonds. The summed E-state index contributed by atoms with van der Waals surface area (Å²) in [6.07, 6.45) is 1.74. The van der Waals surface area contributed by atoms with Crippen LogP contribution < -0.4 is 10.5 Å². The van der Waals surface area contributed by atoms with Gasteiger partial charge in [-0.15, -0.1) is 0 Å². The molecule has 21 heavy (non-hydrogen) atoms. The van der Waals surface area contributed by atoms with Crippen LogP contribution in [0, 0.1) is 5.82 Å². The number of hydrogen-bond acceptors (Lipinski definition) is 2. The highest BCUT2D eigenvalue weighted by molar-refractivity contribution is 9.10. The van der Waals surface area contributed by atoms with Crippen LogP contribution in [-0.4, -0.2) is 6.61 Å². The molecule has 3 rings (SSSR count). The van der Waals surface area contributed by atoms with Crippen molar-refractivity contribution in [3.05, 3.63) is 63.9 Å². The second kappa shape index (κ2) is 6.16. The van der Waals surface area contributed by atoms with Crippen molar-refractivity contribution >= 4 is 15.9 Å². The van der Waals surface area contributed by atoms with Gasteiger partial charge in [0.15, 0.2) is 0 Å². The van der Waals surface area contributed by atoms with Crippen molar-refractivity contribution in [3.8, 4) is 5.75 Å². The zero-order valence-electron chi connectivity index (χ0n) is 11.6. The molecule has 2 aromatic rings. The fraction of sp³-hybridized carbons (Fsp3) is 0.294. The van der Waals surface area contributed by atoms with Crippen molar-refractivity contribution in [2.45, 2.75) is 24.8 Å². The first-order chi connectivity index (χ1) is 10.1. The number of fused-ring (bicyclic) bond motifs is 1. The molecule has 0 bridgehead atoms. The average molecular weight is 350 g/mol. The van der Waals surface area contributed by atoms with E-state index in [-0.39, 0.29) is 11.9 Å². The molecule has 2 nitrogen and oxygen atoms in total. The van der Waals surface area contributed by atoms with Gasteiger partial charge in [-0.25, -0.2) is 4.39 Å².